The Bertz CT molecular complexity index is 451. The lowest BCUT2D eigenvalue weighted by molar-refractivity contribution is 0.0697. The number of aromatic carboxylic acids is 1. The van der Waals surface area contributed by atoms with Gasteiger partial charge in [0.05, 0.1) is 18.4 Å². The summed E-state index contributed by atoms with van der Waals surface area (Å²) in [6.45, 7) is 4.06. The number of ether oxygens (including phenoxy) is 1. The first kappa shape index (κ1) is 13.7. The van der Waals surface area contributed by atoms with Crippen LogP contribution in [0.2, 0.25) is 0 Å². The zero-order valence-electron chi connectivity index (χ0n) is 11.6. The first-order chi connectivity index (χ1) is 9.15. The standard InChI is InChI=1S/C15H21NO3/c1-3-11-6-8-16(9-7-11)14-10-12(19-2)4-5-13(14)15(17)18/h4-5,10-11H,3,6-9H2,1-2H3,(H,17,18). The van der Waals surface area contributed by atoms with Crippen LogP contribution in [0.15, 0.2) is 18.2 Å². The van der Waals surface area contributed by atoms with E-state index in [4.69, 9.17) is 4.74 Å². The molecule has 0 amide bonds. The molecule has 1 aliphatic heterocycles. The molecule has 1 aliphatic rings. The van der Waals surface area contributed by atoms with Crippen LogP contribution in [0.3, 0.4) is 0 Å². The zero-order chi connectivity index (χ0) is 13.8. The SMILES string of the molecule is CCC1CCN(c2cc(OC)ccc2C(=O)O)CC1. The maximum atomic E-state index is 11.3. The first-order valence-corrected chi connectivity index (χ1v) is 6.82. The Morgan fingerprint density at radius 3 is 2.63 bits per heavy atom. The van der Waals surface area contributed by atoms with Crippen LogP contribution in [0.4, 0.5) is 5.69 Å². The van der Waals surface area contributed by atoms with Crippen molar-refractivity contribution in [3.05, 3.63) is 23.8 Å². The van der Waals surface area contributed by atoms with E-state index in [-0.39, 0.29) is 0 Å². The van der Waals surface area contributed by atoms with Gasteiger partial charge in [0, 0.05) is 19.2 Å². The number of piperidine rings is 1. The molecule has 4 nitrogen and oxygen atoms in total. The largest absolute Gasteiger partial charge is 0.497 e. The summed E-state index contributed by atoms with van der Waals surface area (Å²) in [6.07, 6.45) is 3.47. The Hall–Kier alpha value is -1.71. The van der Waals surface area contributed by atoms with E-state index in [9.17, 15) is 9.90 Å². The third kappa shape index (κ3) is 3.00. The van der Waals surface area contributed by atoms with Gasteiger partial charge in [0.15, 0.2) is 0 Å². The minimum atomic E-state index is -0.879. The van der Waals surface area contributed by atoms with Crippen molar-refractivity contribution in [1.29, 1.82) is 0 Å². The third-order valence-electron chi connectivity index (χ3n) is 3.97. The van der Waals surface area contributed by atoms with E-state index in [2.05, 4.69) is 11.8 Å². The van der Waals surface area contributed by atoms with Crippen LogP contribution in [-0.2, 0) is 0 Å². The van der Waals surface area contributed by atoms with Gasteiger partial charge in [-0.3, -0.25) is 0 Å². The molecule has 0 aliphatic carbocycles. The fraction of sp³-hybridized carbons (Fsp3) is 0.533. The van der Waals surface area contributed by atoms with Crippen LogP contribution in [0, 0.1) is 5.92 Å². The van der Waals surface area contributed by atoms with E-state index in [1.165, 1.54) is 6.42 Å². The molecule has 4 heteroatoms. The molecule has 0 atom stereocenters. The number of benzene rings is 1. The summed E-state index contributed by atoms with van der Waals surface area (Å²) < 4.78 is 5.20. The van der Waals surface area contributed by atoms with Gasteiger partial charge in [0.25, 0.3) is 0 Å². The Morgan fingerprint density at radius 1 is 1.42 bits per heavy atom. The Morgan fingerprint density at radius 2 is 2.11 bits per heavy atom. The molecule has 104 valence electrons. The molecule has 19 heavy (non-hydrogen) atoms. The van der Waals surface area contributed by atoms with Crippen molar-refractivity contribution in [2.45, 2.75) is 26.2 Å². The Kier molecular flexibility index (Phi) is 4.30. The molecular formula is C15H21NO3. The van der Waals surface area contributed by atoms with E-state index in [1.807, 2.05) is 6.07 Å². The second-order valence-electron chi connectivity index (χ2n) is 5.03. The van der Waals surface area contributed by atoms with Crippen molar-refractivity contribution in [3.63, 3.8) is 0 Å². The molecular weight excluding hydrogens is 242 g/mol. The van der Waals surface area contributed by atoms with Gasteiger partial charge in [-0.05, 0) is 30.9 Å². The molecule has 1 aromatic rings. The topological polar surface area (TPSA) is 49.8 Å². The minimum absolute atomic E-state index is 0.357. The molecule has 0 spiro atoms. The Balaban J connectivity index is 2.24. The van der Waals surface area contributed by atoms with Crippen molar-refractivity contribution in [2.75, 3.05) is 25.1 Å². The molecule has 1 N–H and O–H groups in total. The van der Waals surface area contributed by atoms with Gasteiger partial charge in [-0.2, -0.15) is 0 Å². The van der Waals surface area contributed by atoms with E-state index >= 15 is 0 Å². The van der Waals surface area contributed by atoms with Crippen LogP contribution < -0.4 is 9.64 Å². The number of anilines is 1. The van der Waals surface area contributed by atoms with Gasteiger partial charge in [-0.25, -0.2) is 4.79 Å². The number of nitrogens with zero attached hydrogens (tertiary/aromatic N) is 1. The number of hydrogen-bond donors (Lipinski definition) is 1. The molecule has 0 saturated carbocycles. The predicted molar refractivity (Wildman–Crippen MR) is 75.2 cm³/mol. The fourth-order valence-electron chi connectivity index (χ4n) is 2.66. The van der Waals surface area contributed by atoms with Gasteiger partial charge in [0.1, 0.15) is 5.75 Å². The molecule has 1 heterocycles. The second-order valence-corrected chi connectivity index (χ2v) is 5.03. The van der Waals surface area contributed by atoms with Crippen molar-refractivity contribution in [3.8, 4) is 5.75 Å². The van der Waals surface area contributed by atoms with Gasteiger partial charge in [0.2, 0.25) is 0 Å². The highest BCUT2D eigenvalue weighted by Crippen LogP contribution is 2.30. The number of rotatable bonds is 4. The van der Waals surface area contributed by atoms with Crippen molar-refractivity contribution >= 4 is 11.7 Å². The highest BCUT2D eigenvalue weighted by Gasteiger charge is 2.22. The average Bonchev–Trinajstić information content (AvgIpc) is 2.46. The fourth-order valence-corrected chi connectivity index (χ4v) is 2.66. The maximum Gasteiger partial charge on any atom is 0.337 e. The van der Waals surface area contributed by atoms with Crippen LogP contribution in [-0.4, -0.2) is 31.3 Å². The van der Waals surface area contributed by atoms with Crippen molar-refractivity contribution in [2.24, 2.45) is 5.92 Å². The van der Waals surface area contributed by atoms with Crippen LogP contribution in [0.25, 0.3) is 0 Å². The van der Waals surface area contributed by atoms with E-state index < -0.39 is 5.97 Å². The first-order valence-electron chi connectivity index (χ1n) is 6.82. The summed E-state index contributed by atoms with van der Waals surface area (Å²) in [5.74, 6) is 0.600. The van der Waals surface area contributed by atoms with Crippen LogP contribution in [0.1, 0.15) is 36.5 Å². The molecule has 2 rings (SSSR count). The van der Waals surface area contributed by atoms with E-state index in [0.29, 0.717) is 11.3 Å². The lowest BCUT2D eigenvalue weighted by Gasteiger charge is -2.34. The highest BCUT2D eigenvalue weighted by molar-refractivity contribution is 5.94. The number of carboxylic acid groups (broad SMARTS) is 1. The van der Waals surface area contributed by atoms with Crippen molar-refractivity contribution in [1.82, 2.24) is 0 Å². The van der Waals surface area contributed by atoms with Gasteiger partial charge >= 0.3 is 5.97 Å². The number of hydrogen-bond acceptors (Lipinski definition) is 3. The summed E-state index contributed by atoms with van der Waals surface area (Å²) in [7, 11) is 1.60. The minimum Gasteiger partial charge on any atom is -0.497 e. The zero-order valence-corrected chi connectivity index (χ0v) is 11.6. The van der Waals surface area contributed by atoms with E-state index in [0.717, 1.165) is 37.5 Å². The lowest BCUT2D eigenvalue weighted by Crippen LogP contribution is -2.34. The summed E-state index contributed by atoms with van der Waals surface area (Å²) in [5.41, 5.74) is 1.14. The molecule has 1 aromatic carbocycles. The van der Waals surface area contributed by atoms with Crippen LogP contribution in [0.5, 0.6) is 5.75 Å². The molecule has 1 saturated heterocycles. The van der Waals surface area contributed by atoms with Crippen molar-refractivity contribution < 1.29 is 14.6 Å². The summed E-state index contributed by atoms with van der Waals surface area (Å²) in [6, 6.07) is 5.16. The lowest BCUT2D eigenvalue weighted by atomic mass is 9.93. The predicted octanol–water partition coefficient (Wildman–Crippen LogP) is 3.02. The smallest absolute Gasteiger partial charge is 0.337 e. The van der Waals surface area contributed by atoms with Gasteiger partial charge in [-0.1, -0.05) is 13.3 Å². The molecule has 0 bridgehead atoms. The normalized spacial score (nSPS) is 16.4. The second kappa shape index (κ2) is 5.95. The molecule has 0 radical (unpaired) electrons. The monoisotopic (exact) mass is 263 g/mol. The summed E-state index contributed by atoms with van der Waals surface area (Å²) in [4.78, 5) is 13.5. The molecule has 0 aromatic heterocycles. The maximum absolute atomic E-state index is 11.3. The van der Waals surface area contributed by atoms with Crippen LogP contribution >= 0.6 is 0 Å². The average molecular weight is 263 g/mol. The van der Waals surface area contributed by atoms with Gasteiger partial charge in [-0.15, -0.1) is 0 Å². The quantitative estimate of drug-likeness (QED) is 0.907. The van der Waals surface area contributed by atoms with E-state index in [1.54, 1.807) is 19.2 Å². The third-order valence-corrected chi connectivity index (χ3v) is 3.97. The number of carboxylic acids is 1. The highest BCUT2D eigenvalue weighted by atomic mass is 16.5. The Labute approximate surface area is 114 Å². The summed E-state index contributed by atoms with van der Waals surface area (Å²) in [5, 5.41) is 9.29. The molecule has 0 unspecified atom stereocenters. The summed E-state index contributed by atoms with van der Waals surface area (Å²) >= 11 is 0. The number of methoxy groups -OCH3 is 1. The molecule has 1 fully saturated rings. The van der Waals surface area contributed by atoms with Gasteiger partial charge < -0.3 is 14.7 Å². The number of carbonyl (C=O) groups is 1.